The third kappa shape index (κ3) is 5.37. The van der Waals surface area contributed by atoms with Crippen molar-refractivity contribution in [1.82, 2.24) is 0 Å². The second-order valence-corrected chi connectivity index (χ2v) is 6.01. The van der Waals surface area contributed by atoms with E-state index in [0.717, 1.165) is 5.56 Å². The van der Waals surface area contributed by atoms with Crippen molar-refractivity contribution in [3.63, 3.8) is 0 Å². The zero-order valence-corrected chi connectivity index (χ0v) is 15.2. The Hall–Kier alpha value is -2.24. The fourth-order valence-corrected chi connectivity index (χ4v) is 2.42. The Morgan fingerprint density at radius 3 is 2.44 bits per heavy atom. The maximum Gasteiger partial charge on any atom is 0.338 e. The third-order valence-corrected chi connectivity index (χ3v) is 3.79. The van der Waals surface area contributed by atoms with Crippen molar-refractivity contribution in [2.24, 2.45) is 0 Å². The summed E-state index contributed by atoms with van der Waals surface area (Å²) in [6.07, 6.45) is 0. The summed E-state index contributed by atoms with van der Waals surface area (Å²) in [6.45, 7) is 1.28. The van der Waals surface area contributed by atoms with Gasteiger partial charge in [0.1, 0.15) is 13.2 Å². The molecule has 2 aromatic rings. The Morgan fingerprint density at radius 1 is 1.04 bits per heavy atom. The smallest absolute Gasteiger partial charge is 0.338 e. The van der Waals surface area contributed by atoms with E-state index in [1.807, 2.05) is 0 Å². The summed E-state index contributed by atoms with van der Waals surface area (Å²) in [5.41, 5.74) is 1.02. The molecule has 2 rings (SSSR count). The Morgan fingerprint density at radius 2 is 1.80 bits per heavy atom. The van der Waals surface area contributed by atoms with Gasteiger partial charge in [-0.2, -0.15) is 0 Å². The van der Waals surface area contributed by atoms with Crippen LogP contribution >= 0.6 is 23.2 Å². The average Bonchev–Trinajstić information content (AvgIpc) is 2.58. The molecule has 0 aliphatic carbocycles. The van der Waals surface area contributed by atoms with Gasteiger partial charge in [0.25, 0.3) is 0 Å². The standard InChI is InChI=1S/C18H16Cl2O5/c1-11(21)9-25-18(22)12-4-6-16(17(7-12)23-2)24-10-13-3-5-14(19)8-15(13)20/h3-8H,9-10H2,1-2H3. The summed E-state index contributed by atoms with van der Waals surface area (Å²) < 4.78 is 15.8. The first-order valence-corrected chi connectivity index (χ1v) is 8.07. The van der Waals surface area contributed by atoms with E-state index in [9.17, 15) is 9.59 Å². The Balaban J connectivity index is 2.10. The van der Waals surface area contributed by atoms with Crippen molar-refractivity contribution in [1.29, 1.82) is 0 Å². The number of halogens is 2. The number of carbonyl (C=O) groups is 2. The van der Waals surface area contributed by atoms with Crippen LogP contribution in [-0.2, 0) is 16.1 Å². The van der Waals surface area contributed by atoms with Crippen LogP contribution in [0, 0.1) is 0 Å². The Kier molecular flexibility index (Phi) is 6.67. The van der Waals surface area contributed by atoms with Crippen LogP contribution in [0.5, 0.6) is 11.5 Å². The first-order chi connectivity index (χ1) is 11.9. The SMILES string of the molecule is COc1cc(C(=O)OCC(C)=O)ccc1OCc1ccc(Cl)cc1Cl. The van der Waals surface area contributed by atoms with Gasteiger partial charge in [0.15, 0.2) is 17.3 Å². The molecule has 0 N–H and O–H groups in total. The fourth-order valence-electron chi connectivity index (χ4n) is 1.96. The van der Waals surface area contributed by atoms with E-state index in [-0.39, 0.29) is 24.6 Å². The molecule has 0 radical (unpaired) electrons. The van der Waals surface area contributed by atoms with Crippen LogP contribution in [0.1, 0.15) is 22.8 Å². The molecule has 0 atom stereocenters. The Bertz CT molecular complexity index is 789. The largest absolute Gasteiger partial charge is 0.493 e. The minimum Gasteiger partial charge on any atom is -0.493 e. The highest BCUT2D eigenvalue weighted by Crippen LogP contribution is 2.30. The van der Waals surface area contributed by atoms with Gasteiger partial charge in [-0.25, -0.2) is 4.79 Å². The van der Waals surface area contributed by atoms with E-state index in [1.165, 1.54) is 26.2 Å². The van der Waals surface area contributed by atoms with Gasteiger partial charge in [0.05, 0.1) is 12.7 Å². The monoisotopic (exact) mass is 382 g/mol. The van der Waals surface area contributed by atoms with Crippen LogP contribution in [-0.4, -0.2) is 25.5 Å². The molecule has 2 aromatic carbocycles. The molecule has 7 heteroatoms. The van der Waals surface area contributed by atoms with Gasteiger partial charge in [0, 0.05) is 15.6 Å². The van der Waals surface area contributed by atoms with Crippen molar-refractivity contribution >= 4 is 35.0 Å². The Labute approximate surface area is 155 Å². The van der Waals surface area contributed by atoms with E-state index in [2.05, 4.69) is 0 Å². The molecular weight excluding hydrogens is 367 g/mol. The second kappa shape index (κ2) is 8.74. The number of esters is 1. The van der Waals surface area contributed by atoms with Gasteiger partial charge in [-0.3, -0.25) is 4.79 Å². The molecule has 0 unspecified atom stereocenters. The molecular formula is C18H16Cl2O5. The first-order valence-electron chi connectivity index (χ1n) is 7.32. The second-order valence-electron chi connectivity index (χ2n) is 5.17. The lowest BCUT2D eigenvalue weighted by molar-refractivity contribution is -0.120. The number of carbonyl (C=O) groups excluding carboxylic acids is 2. The summed E-state index contributed by atoms with van der Waals surface area (Å²) in [7, 11) is 1.46. The predicted octanol–water partition coefficient (Wildman–Crippen LogP) is 4.33. The summed E-state index contributed by atoms with van der Waals surface area (Å²) in [5, 5.41) is 1.04. The van der Waals surface area contributed by atoms with Gasteiger partial charge in [-0.05, 0) is 37.3 Å². The molecule has 0 bridgehead atoms. The van der Waals surface area contributed by atoms with Crippen molar-refractivity contribution in [2.75, 3.05) is 13.7 Å². The highest BCUT2D eigenvalue weighted by molar-refractivity contribution is 6.35. The normalized spacial score (nSPS) is 10.2. The summed E-state index contributed by atoms with van der Waals surface area (Å²) in [6, 6.07) is 9.73. The molecule has 132 valence electrons. The number of hydrogen-bond acceptors (Lipinski definition) is 5. The molecule has 0 saturated carbocycles. The minimum absolute atomic E-state index is 0.209. The lowest BCUT2D eigenvalue weighted by atomic mass is 10.2. The number of hydrogen-bond donors (Lipinski definition) is 0. The first kappa shape index (κ1) is 19.1. The van der Waals surface area contributed by atoms with Crippen LogP contribution in [0.25, 0.3) is 0 Å². The lowest BCUT2D eigenvalue weighted by Crippen LogP contribution is -2.11. The van der Waals surface area contributed by atoms with Crippen LogP contribution < -0.4 is 9.47 Å². The quantitative estimate of drug-likeness (QED) is 0.667. The molecule has 0 amide bonds. The van der Waals surface area contributed by atoms with Crippen LogP contribution in [0.15, 0.2) is 36.4 Å². The predicted molar refractivity (Wildman–Crippen MR) is 94.8 cm³/mol. The van der Waals surface area contributed by atoms with Crippen molar-refractivity contribution in [3.8, 4) is 11.5 Å². The van der Waals surface area contributed by atoms with E-state index in [4.69, 9.17) is 37.4 Å². The minimum atomic E-state index is -0.610. The summed E-state index contributed by atoms with van der Waals surface area (Å²) in [4.78, 5) is 22.8. The third-order valence-electron chi connectivity index (χ3n) is 3.20. The highest BCUT2D eigenvalue weighted by atomic mass is 35.5. The molecule has 0 fully saturated rings. The van der Waals surface area contributed by atoms with Gasteiger partial charge < -0.3 is 14.2 Å². The molecule has 0 spiro atoms. The van der Waals surface area contributed by atoms with Gasteiger partial charge in [-0.15, -0.1) is 0 Å². The van der Waals surface area contributed by atoms with Crippen LogP contribution in [0.3, 0.4) is 0 Å². The number of ketones is 1. The summed E-state index contributed by atoms with van der Waals surface area (Å²) in [5.74, 6) is -0.0418. The molecule has 0 heterocycles. The number of benzene rings is 2. The maximum atomic E-state index is 11.9. The zero-order chi connectivity index (χ0) is 18.4. The van der Waals surface area contributed by atoms with Crippen LogP contribution in [0.4, 0.5) is 0 Å². The van der Waals surface area contributed by atoms with Crippen LogP contribution in [0.2, 0.25) is 10.0 Å². The fraction of sp³-hybridized carbons (Fsp3) is 0.222. The number of ether oxygens (including phenoxy) is 3. The maximum absolute atomic E-state index is 11.9. The van der Waals surface area contributed by atoms with Crippen molar-refractivity contribution < 1.29 is 23.8 Å². The topological polar surface area (TPSA) is 61.8 Å². The lowest BCUT2D eigenvalue weighted by Gasteiger charge is -2.13. The average molecular weight is 383 g/mol. The van der Waals surface area contributed by atoms with Gasteiger partial charge in [-0.1, -0.05) is 29.3 Å². The summed E-state index contributed by atoms with van der Waals surface area (Å²) >= 11 is 12.0. The van der Waals surface area contributed by atoms with E-state index < -0.39 is 5.97 Å². The van der Waals surface area contributed by atoms with Gasteiger partial charge >= 0.3 is 5.97 Å². The molecule has 0 aliphatic heterocycles. The molecule has 5 nitrogen and oxygen atoms in total. The number of methoxy groups -OCH3 is 1. The molecule has 0 saturated heterocycles. The highest BCUT2D eigenvalue weighted by Gasteiger charge is 2.13. The van der Waals surface area contributed by atoms with E-state index in [1.54, 1.807) is 24.3 Å². The zero-order valence-electron chi connectivity index (χ0n) is 13.7. The molecule has 0 aromatic heterocycles. The molecule has 25 heavy (non-hydrogen) atoms. The number of rotatable bonds is 7. The van der Waals surface area contributed by atoms with Gasteiger partial charge in [0.2, 0.25) is 0 Å². The number of Topliss-reactive ketones (excluding diaryl/α,β-unsaturated/α-hetero) is 1. The van der Waals surface area contributed by atoms with E-state index >= 15 is 0 Å². The van der Waals surface area contributed by atoms with E-state index in [0.29, 0.717) is 21.5 Å². The molecule has 0 aliphatic rings. The van der Waals surface area contributed by atoms with Crippen molar-refractivity contribution in [2.45, 2.75) is 13.5 Å². The van der Waals surface area contributed by atoms with Crippen molar-refractivity contribution in [3.05, 3.63) is 57.6 Å².